The zero-order valence-corrected chi connectivity index (χ0v) is 10.3. The molecule has 1 heterocycles. The standard InChI is InChI=1S/C16H16O2/c17-16(11-15-6-3-9-18-15)14-8-7-12-4-1-2-5-13(12)10-14/h1-2,4-5,7-8,10,15H,3,6,9,11H2. The smallest absolute Gasteiger partial charge is 0.165 e. The summed E-state index contributed by atoms with van der Waals surface area (Å²) in [7, 11) is 0. The Bertz CT molecular complexity index is 568. The van der Waals surface area contributed by atoms with Crippen LogP contribution >= 0.6 is 0 Å². The van der Waals surface area contributed by atoms with Crippen molar-refractivity contribution in [1.82, 2.24) is 0 Å². The summed E-state index contributed by atoms with van der Waals surface area (Å²) in [4.78, 5) is 12.2. The number of Topliss-reactive ketones (excluding diaryl/α,β-unsaturated/α-hetero) is 1. The van der Waals surface area contributed by atoms with Crippen LogP contribution in [0.25, 0.3) is 10.8 Å². The van der Waals surface area contributed by atoms with Crippen LogP contribution in [0.5, 0.6) is 0 Å². The van der Waals surface area contributed by atoms with Crippen LogP contribution < -0.4 is 0 Å². The molecule has 1 aliphatic rings. The van der Waals surface area contributed by atoms with Gasteiger partial charge in [-0.05, 0) is 29.7 Å². The van der Waals surface area contributed by atoms with Crippen molar-refractivity contribution < 1.29 is 9.53 Å². The third kappa shape index (κ3) is 2.29. The molecule has 1 aliphatic heterocycles. The van der Waals surface area contributed by atoms with E-state index < -0.39 is 0 Å². The third-order valence-electron chi connectivity index (χ3n) is 3.51. The van der Waals surface area contributed by atoms with Gasteiger partial charge in [0.15, 0.2) is 5.78 Å². The van der Waals surface area contributed by atoms with E-state index in [9.17, 15) is 4.79 Å². The van der Waals surface area contributed by atoms with Crippen molar-refractivity contribution in [2.45, 2.75) is 25.4 Å². The quantitative estimate of drug-likeness (QED) is 0.766. The van der Waals surface area contributed by atoms with Crippen LogP contribution in [0.4, 0.5) is 0 Å². The molecule has 2 nitrogen and oxygen atoms in total. The summed E-state index contributed by atoms with van der Waals surface area (Å²) in [5, 5.41) is 2.29. The lowest BCUT2D eigenvalue weighted by Gasteiger charge is -2.08. The molecule has 2 aromatic carbocycles. The van der Waals surface area contributed by atoms with E-state index in [4.69, 9.17) is 4.74 Å². The first kappa shape index (κ1) is 11.4. The summed E-state index contributed by atoms with van der Waals surface area (Å²) in [5.74, 6) is 0.188. The summed E-state index contributed by atoms with van der Waals surface area (Å²) in [6, 6.07) is 14.0. The van der Waals surface area contributed by atoms with Crippen molar-refractivity contribution in [3.63, 3.8) is 0 Å². The molecule has 1 unspecified atom stereocenters. The van der Waals surface area contributed by atoms with Crippen LogP contribution in [-0.4, -0.2) is 18.5 Å². The fraction of sp³-hybridized carbons (Fsp3) is 0.312. The Hall–Kier alpha value is -1.67. The first-order valence-corrected chi connectivity index (χ1v) is 6.46. The minimum atomic E-state index is 0.129. The molecule has 18 heavy (non-hydrogen) atoms. The third-order valence-corrected chi connectivity index (χ3v) is 3.51. The second-order valence-electron chi connectivity index (χ2n) is 4.82. The highest BCUT2D eigenvalue weighted by Gasteiger charge is 2.19. The Morgan fingerprint density at radius 1 is 1.17 bits per heavy atom. The number of hydrogen-bond acceptors (Lipinski definition) is 2. The fourth-order valence-electron chi connectivity index (χ4n) is 2.49. The lowest BCUT2D eigenvalue weighted by Crippen LogP contribution is -2.12. The lowest BCUT2D eigenvalue weighted by atomic mass is 10.0. The van der Waals surface area contributed by atoms with E-state index in [1.54, 1.807) is 0 Å². The Balaban J connectivity index is 1.82. The van der Waals surface area contributed by atoms with Crippen LogP contribution in [0.15, 0.2) is 42.5 Å². The molecular weight excluding hydrogens is 224 g/mol. The largest absolute Gasteiger partial charge is 0.378 e. The Morgan fingerprint density at radius 3 is 2.78 bits per heavy atom. The number of hydrogen-bond donors (Lipinski definition) is 0. The van der Waals surface area contributed by atoms with E-state index in [2.05, 4.69) is 6.07 Å². The Morgan fingerprint density at radius 2 is 2.00 bits per heavy atom. The van der Waals surface area contributed by atoms with Crippen LogP contribution in [0, 0.1) is 0 Å². The molecule has 0 aliphatic carbocycles. The van der Waals surface area contributed by atoms with E-state index in [-0.39, 0.29) is 11.9 Å². The predicted molar refractivity (Wildman–Crippen MR) is 71.9 cm³/mol. The van der Waals surface area contributed by atoms with E-state index in [0.717, 1.165) is 30.4 Å². The van der Waals surface area contributed by atoms with E-state index in [0.29, 0.717) is 6.42 Å². The average molecular weight is 240 g/mol. The number of carbonyl (C=O) groups is 1. The first-order chi connectivity index (χ1) is 8.83. The second kappa shape index (κ2) is 4.91. The maximum Gasteiger partial charge on any atom is 0.165 e. The number of ketones is 1. The maximum absolute atomic E-state index is 12.2. The van der Waals surface area contributed by atoms with Gasteiger partial charge in [0.05, 0.1) is 6.10 Å². The van der Waals surface area contributed by atoms with Crippen LogP contribution in [0.3, 0.4) is 0 Å². The molecular formula is C16H16O2. The predicted octanol–water partition coefficient (Wildman–Crippen LogP) is 3.59. The molecule has 1 saturated heterocycles. The van der Waals surface area contributed by atoms with Crippen molar-refractivity contribution in [2.75, 3.05) is 6.61 Å². The molecule has 0 bridgehead atoms. The topological polar surface area (TPSA) is 26.3 Å². The monoisotopic (exact) mass is 240 g/mol. The van der Waals surface area contributed by atoms with Crippen molar-refractivity contribution >= 4 is 16.6 Å². The molecule has 3 rings (SSSR count). The molecule has 1 atom stereocenters. The molecule has 92 valence electrons. The molecule has 0 amide bonds. The SMILES string of the molecule is O=C(CC1CCCO1)c1ccc2ccccc2c1. The second-order valence-corrected chi connectivity index (χ2v) is 4.82. The van der Waals surface area contributed by atoms with Gasteiger partial charge >= 0.3 is 0 Å². The average Bonchev–Trinajstić information content (AvgIpc) is 2.91. The number of ether oxygens (including phenoxy) is 1. The summed E-state index contributed by atoms with van der Waals surface area (Å²) in [6.45, 7) is 0.801. The highest BCUT2D eigenvalue weighted by atomic mass is 16.5. The van der Waals surface area contributed by atoms with Gasteiger partial charge in [0.2, 0.25) is 0 Å². The number of benzene rings is 2. The molecule has 0 radical (unpaired) electrons. The maximum atomic E-state index is 12.2. The van der Waals surface area contributed by atoms with E-state index >= 15 is 0 Å². The fourth-order valence-corrected chi connectivity index (χ4v) is 2.49. The molecule has 2 aromatic rings. The van der Waals surface area contributed by atoms with E-state index in [1.807, 2.05) is 36.4 Å². The molecule has 0 N–H and O–H groups in total. The molecule has 2 heteroatoms. The lowest BCUT2D eigenvalue weighted by molar-refractivity contribution is 0.0775. The number of fused-ring (bicyclic) bond motifs is 1. The van der Waals surface area contributed by atoms with Gasteiger partial charge in [-0.15, -0.1) is 0 Å². The van der Waals surface area contributed by atoms with Gasteiger partial charge in [0.25, 0.3) is 0 Å². The van der Waals surface area contributed by atoms with Gasteiger partial charge in [0, 0.05) is 18.6 Å². The van der Waals surface area contributed by atoms with Crippen LogP contribution in [0.2, 0.25) is 0 Å². The van der Waals surface area contributed by atoms with Crippen LogP contribution in [-0.2, 0) is 4.74 Å². The van der Waals surface area contributed by atoms with Crippen molar-refractivity contribution in [3.05, 3.63) is 48.0 Å². The summed E-state index contributed by atoms with van der Waals surface area (Å²) in [6.07, 6.45) is 2.73. The molecule has 1 fully saturated rings. The summed E-state index contributed by atoms with van der Waals surface area (Å²) < 4.78 is 5.51. The van der Waals surface area contributed by atoms with Gasteiger partial charge in [-0.2, -0.15) is 0 Å². The van der Waals surface area contributed by atoms with Gasteiger partial charge in [-0.25, -0.2) is 0 Å². The molecule has 0 aromatic heterocycles. The summed E-state index contributed by atoms with van der Waals surface area (Å²) in [5.41, 5.74) is 0.796. The van der Waals surface area contributed by atoms with Gasteiger partial charge in [0.1, 0.15) is 0 Å². The number of rotatable bonds is 3. The van der Waals surface area contributed by atoms with Crippen molar-refractivity contribution in [1.29, 1.82) is 0 Å². The van der Waals surface area contributed by atoms with E-state index in [1.165, 1.54) is 5.39 Å². The molecule has 0 spiro atoms. The molecule has 0 saturated carbocycles. The van der Waals surface area contributed by atoms with Crippen molar-refractivity contribution in [3.8, 4) is 0 Å². The van der Waals surface area contributed by atoms with Gasteiger partial charge in [-0.3, -0.25) is 4.79 Å². The zero-order valence-electron chi connectivity index (χ0n) is 10.3. The highest BCUT2D eigenvalue weighted by Crippen LogP contribution is 2.20. The van der Waals surface area contributed by atoms with Crippen LogP contribution in [0.1, 0.15) is 29.6 Å². The Labute approximate surface area is 107 Å². The minimum Gasteiger partial charge on any atom is -0.378 e. The van der Waals surface area contributed by atoms with Gasteiger partial charge in [-0.1, -0.05) is 36.4 Å². The zero-order chi connectivity index (χ0) is 12.4. The van der Waals surface area contributed by atoms with Gasteiger partial charge < -0.3 is 4.74 Å². The Kier molecular flexibility index (Phi) is 3.11. The first-order valence-electron chi connectivity index (χ1n) is 6.46. The minimum absolute atomic E-state index is 0.129. The van der Waals surface area contributed by atoms with Crippen molar-refractivity contribution in [2.24, 2.45) is 0 Å². The number of carbonyl (C=O) groups excluding carboxylic acids is 1. The highest BCUT2D eigenvalue weighted by molar-refractivity contribution is 6.00. The normalized spacial score (nSPS) is 19.2. The summed E-state index contributed by atoms with van der Waals surface area (Å²) >= 11 is 0.